The summed E-state index contributed by atoms with van der Waals surface area (Å²) < 4.78 is 6.80. The van der Waals surface area contributed by atoms with Crippen LogP contribution in [-0.4, -0.2) is 14.8 Å². The highest BCUT2D eigenvalue weighted by molar-refractivity contribution is 7.26. The van der Waals surface area contributed by atoms with Crippen molar-refractivity contribution in [2.75, 3.05) is 0 Å². The van der Waals surface area contributed by atoms with Crippen LogP contribution in [0.1, 0.15) is 0 Å². The minimum Gasteiger partial charge on any atom is -0.458 e. The van der Waals surface area contributed by atoms with Gasteiger partial charge in [0.2, 0.25) is 0 Å². The summed E-state index contributed by atoms with van der Waals surface area (Å²) in [6.07, 6.45) is 0. The Bertz CT molecular complexity index is 2450. The minimum absolute atomic E-state index is 0.0626. The standard InChI is InChI=1S/C48H33BOSi/c1-4-13-34(14-5-1)37-23-28-40(29-24-37)51(41-30-25-38(26-31-41)35-15-6-2-7-16-35)46-32-27-39(36-17-8-3-9-18-36)33-43(46)49-42-19-10-11-20-44(42)50-45-21-12-22-47(51)48(45)49/h1-33H. The Balaban J connectivity index is 1.29. The monoisotopic (exact) mass is 664 g/mol. The predicted octanol–water partition coefficient (Wildman–Crippen LogP) is 7.00. The highest BCUT2D eigenvalue weighted by atomic mass is 28.3. The molecule has 0 saturated heterocycles. The molecule has 2 heterocycles. The maximum atomic E-state index is 6.80. The van der Waals surface area contributed by atoms with E-state index in [1.165, 1.54) is 70.5 Å². The molecule has 2 aliphatic heterocycles. The number of rotatable bonds is 5. The van der Waals surface area contributed by atoms with Crippen LogP contribution in [0.15, 0.2) is 200 Å². The van der Waals surface area contributed by atoms with Gasteiger partial charge in [0.1, 0.15) is 11.5 Å². The molecule has 0 saturated carbocycles. The Morgan fingerprint density at radius 1 is 0.333 bits per heavy atom. The van der Waals surface area contributed by atoms with E-state index in [1.807, 2.05) is 0 Å². The lowest BCUT2D eigenvalue weighted by Gasteiger charge is -2.45. The third-order valence-corrected chi connectivity index (χ3v) is 15.8. The van der Waals surface area contributed by atoms with Gasteiger partial charge in [0.05, 0.1) is 0 Å². The third-order valence-electron chi connectivity index (χ3n) is 10.9. The van der Waals surface area contributed by atoms with Gasteiger partial charge in [-0.3, -0.25) is 0 Å². The van der Waals surface area contributed by atoms with Crippen molar-refractivity contribution in [2.24, 2.45) is 0 Å². The fourth-order valence-corrected chi connectivity index (χ4v) is 13.8. The minimum atomic E-state index is -2.90. The molecular weight excluding hydrogens is 631 g/mol. The third kappa shape index (κ3) is 4.70. The molecule has 51 heavy (non-hydrogen) atoms. The predicted molar refractivity (Wildman–Crippen MR) is 218 cm³/mol. The molecule has 8 aromatic rings. The van der Waals surface area contributed by atoms with Gasteiger partial charge >= 0.3 is 0 Å². The molecule has 0 aliphatic carbocycles. The molecule has 0 unspecified atom stereocenters. The Morgan fingerprint density at radius 2 is 0.804 bits per heavy atom. The number of hydrogen-bond acceptors (Lipinski definition) is 1. The molecule has 10 rings (SSSR count). The first kappa shape index (κ1) is 29.7. The lowest BCUT2D eigenvalue weighted by molar-refractivity contribution is 0.488. The molecule has 0 atom stereocenters. The zero-order valence-corrected chi connectivity index (χ0v) is 29.0. The average molecular weight is 665 g/mol. The molecule has 0 aromatic heterocycles. The van der Waals surface area contributed by atoms with Gasteiger partial charge in [-0.2, -0.15) is 0 Å². The molecule has 0 radical (unpaired) electrons. The Hall–Kier alpha value is -6.16. The molecule has 0 spiro atoms. The van der Waals surface area contributed by atoms with E-state index >= 15 is 0 Å². The van der Waals surface area contributed by atoms with Gasteiger partial charge in [-0.05, 0) is 77.2 Å². The average Bonchev–Trinajstić information content (AvgIpc) is 3.22. The van der Waals surface area contributed by atoms with Gasteiger partial charge in [-0.15, -0.1) is 0 Å². The fraction of sp³-hybridized carbons (Fsp3) is 0. The van der Waals surface area contributed by atoms with Crippen molar-refractivity contribution < 1.29 is 4.74 Å². The summed E-state index contributed by atoms with van der Waals surface area (Å²) in [6, 6.07) is 73.8. The largest absolute Gasteiger partial charge is 0.458 e. The van der Waals surface area contributed by atoms with Crippen molar-refractivity contribution in [3.05, 3.63) is 200 Å². The number of fused-ring (bicyclic) bond motifs is 4. The molecule has 0 N–H and O–H groups in total. The van der Waals surface area contributed by atoms with Crippen LogP contribution in [0, 0.1) is 0 Å². The van der Waals surface area contributed by atoms with E-state index < -0.39 is 8.07 Å². The molecule has 8 aromatic carbocycles. The lowest BCUT2D eigenvalue weighted by atomic mass is 9.35. The Labute approximate surface area is 300 Å². The summed E-state index contributed by atoms with van der Waals surface area (Å²) in [4.78, 5) is 0. The van der Waals surface area contributed by atoms with Crippen LogP contribution in [0.3, 0.4) is 0 Å². The molecule has 3 heteroatoms. The second kappa shape index (κ2) is 12.0. The number of hydrogen-bond donors (Lipinski definition) is 0. The van der Waals surface area contributed by atoms with Gasteiger partial charge in [0.25, 0.3) is 6.71 Å². The topological polar surface area (TPSA) is 9.23 Å². The second-order valence-electron chi connectivity index (χ2n) is 13.6. The van der Waals surface area contributed by atoms with Gasteiger partial charge in [0, 0.05) is 0 Å². The zero-order chi connectivity index (χ0) is 33.8. The van der Waals surface area contributed by atoms with Gasteiger partial charge in [-0.1, -0.05) is 194 Å². The molecule has 0 bridgehead atoms. The Morgan fingerprint density at radius 3 is 1.39 bits per heavy atom. The first-order valence-electron chi connectivity index (χ1n) is 17.7. The van der Waals surface area contributed by atoms with E-state index in [9.17, 15) is 0 Å². The smallest absolute Gasteiger partial charge is 0.250 e. The van der Waals surface area contributed by atoms with E-state index in [-0.39, 0.29) is 6.71 Å². The van der Waals surface area contributed by atoms with E-state index in [1.54, 1.807) is 0 Å². The van der Waals surface area contributed by atoms with E-state index in [0.29, 0.717) is 0 Å². The van der Waals surface area contributed by atoms with Crippen molar-refractivity contribution in [2.45, 2.75) is 0 Å². The van der Waals surface area contributed by atoms with E-state index in [0.717, 1.165) is 11.5 Å². The van der Waals surface area contributed by atoms with Crippen molar-refractivity contribution in [3.63, 3.8) is 0 Å². The maximum absolute atomic E-state index is 6.80. The zero-order valence-electron chi connectivity index (χ0n) is 28.0. The number of ether oxygens (including phenoxy) is 1. The molecule has 0 fully saturated rings. The van der Waals surface area contributed by atoms with Crippen LogP contribution in [0.5, 0.6) is 11.5 Å². The van der Waals surface area contributed by atoms with Gasteiger partial charge in [0.15, 0.2) is 8.07 Å². The molecule has 1 nitrogen and oxygen atoms in total. The summed E-state index contributed by atoms with van der Waals surface area (Å²) in [5.74, 6) is 1.91. The molecule has 238 valence electrons. The van der Waals surface area contributed by atoms with E-state index in [2.05, 4.69) is 200 Å². The highest BCUT2D eigenvalue weighted by Crippen LogP contribution is 2.29. The fourth-order valence-electron chi connectivity index (χ4n) is 8.64. The molecule has 0 amide bonds. The first-order chi connectivity index (χ1) is 25.3. The van der Waals surface area contributed by atoms with Gasteiger partial charge in [-0.25, -0.2) is 0 Å². The Kier molecular flexibility index (Phi) is 7.00. The van der Waals surface area contributed by atoms with Crippen molar-refractivity contribution in [3.8, 4) is 44.9 Å². The quantitative estimate of drug-likeness (QED) is 0.180. The van der Waals surface area contributed by atoms with Crippen molar-refractivity contribution >= 4 is 51.9 Å². The SMILES string of the molecule is c1ccc(-c2ccc([Si]3(c4ccc(-c5ccccc5)cc4)c4ccc(-c5ccccc5)cc4B4c5ccccc5Oc5cccc3c54)cc2)cc1. The normalized spacial score (nSPS) is 13.4. The molecule has 2 aliphatic rings. The van der Waals surface area contributed by atoms with Crippen LogP contribution in [0.4, 0.5) is 0 Å². The van der Waals surface area contributed by atoms with Crippen LogP contribution in [0.25, 0.3) is 33.4 Å². The summed E-state index contributed by atoms with van der Waals surface area (Å²) in [5, 5.41) is 5.58. The van der Waals surface area contributed by atoms with Crippen LogP contribution in [0.2, 0.25) is 0 Å². The first-order valence-corrected chi connectivity index (χ1v) is 19.7. The van der Waals surface area contributed by atoms with Crippen LogP contribution >= 0.6 is 0 Å². The summed E-state index contributed by atoms with van der Waals surface area (Å²) in [6.45, 7) is 0.0626. The summed E-state index contributed by atoms with van der Waals surface area (Å²) in [5.41, 5.74) is 11.3. The number of benzene rings is 8. The second-order valence-corrected chi connectivity index (χ2v) is 17.3. The summed E-state index contributed by atoms with van der Waals surface area (Å²) >= 11 is 0. The maximum Gasteiger partial charge on any atom is 0.250 e. The lowest BCUT2D eigenvalue weighted by Crippen LogP contribution is -2.87. The summed E-state index contributed by atoms with van der Waals surface area (Å²) in [7, 11) is -2.90. The van der Waals surface area contributed by atoms with Crippen LogP contribution in [-0.2, 0) is 0 Å². The molecular formula is C48H33BOSi. The van der Waals surface area contributed by atoms with Crippen molar-refractivity contribution in [1.29, 1.82) is 0 Å². The van der Waals surface area contributed by atoms with Crippen LogP contribution < -0.4 is 41.9 Å². The highest BCUT2D eigenvalue weighted by Gasteiger charge is 2.52. The van der Waals surface area contributed by atoms with E-state index in [4.69, 9.17) is 4.74 Å². The van der Waals surface area contributed by atoms with Crippen molar-refractivity contribution in [1.82, 2.24) is 0 Å². The number of para-hydroxylation sites is 1. The van der Waals surface area contributed by atoms with Gasteiger partial charge < -0.3 is 4.74 Å².